The minimum absolute atomic E-state index is 0.0829. The third kappa shape index (κ3) is 5.58. The lowest BCUT2D eigenvalue weighted by Crippen LogP contribution is -2.35. The summed E-state index contributed by atoms with van der Waals surface area (Å²) in [5, 5.41) is 10.4. The number of nitrogens with zero attached hydrogens (tertiary/aromatic N) is 3. The van der Waals surface area contributed by atoms with E-state index < -0.39 is 22.5 Å². The Morgan fingerprint density at radius 3 is 2.53 bits per heavy atom. The summed E-state index contributed by atoms with van der Waals surface area (Å²) in [6.45, 7) is 0.560. The summed E-state index contributed by atoms with van der Waals surface area (Å²) in [5.74, 6) is 0.00471. The Hall–Kier alpha value is -3.31. The van der Waals surface area contributed by atoms with Gasteiger partial charge in [-0.15, -0.1) is 0 Å². The van der Waals surface area contributed by atoms with E-state index in [1.807, 2.05) is 16.8 Å². The van der Waals surface area contributed by atoms with Crippen molar-refractivity contribution in [1.29, 1.82) is 0 Å². The number of anilines is 1. The fraction of sp³-hybridized carbons (Fsp3) is 0.231. The monoisotopic (exact) mass is 575 g/mol. The fourth-order valence-electron chi connectivity index (χ4n) is 4.32. The summed E-state index contributed by atoms with van der Waals surface area (Å²) < 4.78 is 41.1. The van der Waals surface area contributed by atoms with Gasteiger partial charge < -0.3 is 19.1 Å². The van der Waals surface area contributed by atoms with Crippen LogP contribution in [0.5, 0.6) is 5.75 Å². The van der Waals surface area contributed by atoms with Crippen LogP contribution in [0.15, 0.2) is 71.9 Å². The second kappa shape index (κ2) is 10.8. The molecular weight excluding hydrogens is 553 g/mol. The second-order valence-electron chi connectivity index (χ2n) is 8.72. The average molecular weight is 576 g/mol. The molecule has 12 heteroatoms. The van der Waals surface area contributed by atoms with Gasteiger partial charge in [0.2, 0.25) is 0 Å². The van der Waals surface area contributed by atoms with Gasteiger partial charge in [-0.3, -0.25) is 9.10 Å². The number of carboxylic acids is 1. The van der Waals surface area contributed by atoms with Gasteiger partial charge in [0, 0.05) is 46.7 Å². The van der Waals surface area contributed by atoms with E-state index >= 15 is 0 Å². The van der Waals surface area contributed by atoms with Crippen molar-refractivity contribution in [3.05, 3.63) is 77.0 Å². The Kier molecular flexibility index (Phi) is 7.49. The molecule has 198 valence electrons. The molecule has 2 aromatic heterocycles. The van der Waals surface area contributed by atoms with Crippen molar-refractivity contribution in [1.82, 2.24) is 9.55 Å². The van der Waals surface area contributed by atoms with Crippen LogP contribution >= 0.6 is 23.2 Å². The molecule has 0 amide bonds. The molecule has 0 spiro atoms. The highest BCUT2D eigenvalue weighted by Gasteiger charge is 2.28. The molecule has 1 saturated heterocycles. The summed E-state index contributed by atoms with van der Waals surface area (Å²) in [7, 11) is -4.29. The van der Waals surface area contributed by atoms with Gasteiger partial charge in [-0.2, -0.15) is 0 Å². The lowest BCUT2D eigenvalue weighted by molar-refractivity contribution is -0.135. The van der Waals surface area contributed by atoms with Gasteiger partial charge in [0.05, 0.1) is 29.3 Å². The zero-order valence-electron chi connectivity index (χ0n) is 20.0. The van der Waals surface area contributed by atoms with E-state index in [4.69, 9.17) is 32.7 Å². The lowest BCUT2D eigenvalue weighted by Gasteiger charge is -2.23. The molecule has 0 saturated carbocycles. The molecule has 0 aliphatic carbocycles. The van der Waals surface area contributed by atoms with Crippen molar-refractivity contribution in [3.63, 3.8) is 0 Å². The van der Waals surface area contributed by atoms with E-state index in [-0.39, 0.29) is 26.7 Å². The van der Waals surface area contributed by atoms with Crippen molar-refractivity contribution in [2.24, 2.45) is 0 Å². The van der Waals surface area contributed by atoms with Crippen LogP contribution in [0.4, 0.5) is 5.69 Å². The van der Waals surface area contributed by atoms with Crippen LogP contribution < -0.4 is 9.04 Å². The Morgan fingerprint density at radius 2 is 1.82 bits per heavy atom. The summed E-state index contributed by atoms with van der Waals surface area (Å²) in [4.78, 5) is 15.9. The Morgan fingerprint density at radius 1 is 1.08 bits per heavy atom. The Bertz CT molecular complexity index is 1580. The highest BCUT2D eigenvalue weighted by molar-refractivity contribution is 7.92. The minimum atomic E-state index is -4.29. The molecule has 2 aromatic carbocycles. The molecule has 1 aliphatic rings. The van der Waals surface area contributed by atoms with Crippen LogP contribution in [0.1, 0.15) is 12.8 Å². The minimum Gasteiger partial charge on any atom is -0.490 e. The van der Waals surface area contributed by atoms with Crippen LogP contribution in [-0.4, -0.2) is 54.9 Å². The number of aromatic nitrogens is 2. The topological polar surface area (TPSA) is 111 Å². The predicted molar refractivity (Wildman–Crippen MR) is 144 cm³/mol. The van der Waals surface area contributed by atoms with Crippen LogP contribution in [0.2, 0.25) is 10.0 Å². The zero-order valence-corrected chi connectivity index (χ0v) is 22.3. The van der Waals surface area contributed by atoms with Gasteiger partial charge in [0.15, 0.2) is 0 Å². The fourth-order valence-corrected chi connectivity index (χ4v) is 6.45. The molecule has 0 bridgehead atoms. The highest BCUT2D eigenvalue weighted by atomic mass is 35.5. The number of aliphatic carboxylic acids is 1. The maximum Gasteiger partial charge on any atom is 0.324 e. The van der Waals surface area contributed by atoms with E-state index in [2.05, 4.69) is 4.98 Å². The maximum atomic E-state index is 13.4. The quantitative estimate of drug-likeness (QED) is 0.308. The first kappa shape index (κ1) is 26.3. The van der Waals surface area contributed by atoms with Crippen molar-refractivity contribution < 1.29 is 27.8 Å². The summed E-state index contributed by atoms with van der Waals surface area (Å²) >= 11 is 12.0. The van der Waals surface area contributed by atoms with Gasteiger partial charge in [-0.1, -0.05) is 23.2 Å². The van der Waals surface area contributed by atoms with Crippen LogP contribution in [0.3, 0.4) is 0 Å². The molecule has 0 unspecified atom stereocenters. The predicted octanol–water partition coefficient (Wildman–Crippen LogP) is 5.17. The highest BCUT2D eigenvalue weighted by Crippen LogP contribution is 2.31. The van der Waals surface area contributed by atoms with Crippen LogP contribution in [0, 0.1) is 0 Å². The summed E-state index contributed by atoms with van der Waals surface area (Å²) in [6.07, 6.45) is 5.21. The first-order valence-corrected chi connectivity index (χ1v) is 13.9. The largest absolute Gasteiger partial charge is 0.490 e. The van der Waals surface area contributed by atoms with Crippen molar-refractivity contribution in [3.8, 4) is 11.6 Å². The molecule has 3 heterocycles. The molecule has 0 radical (unpaired) electrons. The van der Waals surface area contributed by atoms with Gasteiger partial charge in [-0.25, -0.2) is 13.4 Å². The number of benzene rings is 2. The van der Waals surface area contributed by atoms with Crippen LogP contribution in [0.25, 0.3) is 16.7 Å². The second-order valence-corrected chi connectivity index (χ2v) is 11.5. The number of hydrogen-bond acceptors (Lipinski definition) is 6. The summed E-state index contributed by atoms with van der Waals surface area (Å²) in [5.41, 5.74) is 0.932. The van der Waals surface area contributed by atoms with E-state index in [0.717, 1.165) is 22.7 Å². The number of fused-ring (bicyclic) bond motifs is 1. The van der Waals surface area contributed by atoms with Crippen molar-refractivity contribution >= 4 is 55.8 Å². The smallest absolute Gasteiger partial charge is 0.324 e. The van der Waals surface area contributed by atoms with E-state index in [9.17, 15) is 18.3 Å². The SMILES string of the molecule is O=C(O)CN(c1ccc2c(ccn2-c2cc(OC3CCOCC3)ccn2)c1)S(=O)(=O)c1cc(Cl)cc(Cl)c1. The van der Waals surface area contributed by atoms with E-state index in [0.29, 0.717) is 30.2 Å². The normalized spacial score (nSPS) is 14.5. The first-order chi connectivity index (χ1) is 18.2. The summed E-state index contributed by atoms with van der Waals surface area (Å²) in [6, 6.07) is 14.2. The standard InChI is InChI=1S/C26H23Cl2N3O6S/c27-18-12-19(28)14-23(13-18)38(34,35)31(16-26(32)33)20-1-2-24-17(11-20)4-8-30(24)25-15-22(3-7-29-25)37-21-5-9-36-10-6-21/h1-4,7-8,11-15,21H,5-6,9-10,16H2,(H,32,33). The van der Waals surface area contributed by atoms with Crippen molar-refractivity contribution in [2.45, 2.75) is 23.8 Å². The molecule has 38 heavy (non-hydrogen) atoms. The molecule has 4 aromatic rings. The zero-order chi connectivity index (χ0) is 26.9. The van der Waals surface area contributed by atoms with Gasteiger partial charge in [-0.05, 0) is 48.5 Å². The number of carboxylic acid groups (broad SMARTS) is 1. The molecule has 1 N–H and O–H groups in total. The first-order valence-electron chi connectivity index (χ1n) is 11.7. The van der Waals surface area contributed by atoms with Gasteiger partial charge in [0.25, 0.3) is 10.0 Å². The molecule has 1 fully saturated rings. The van der Waals surface area contributed by atoms with Gasteiger partial charge in [0.1, 0.15) is 24.2 Å². The van der Waals surface area contributed by atoms with E-state index in [1.165, 1.54) is 18.2 Å². The number of ether oxygens (including phenoxy) is 2. The number of carbonyl (C=O) groups is 1. The van der Waals surface area contributed by atoms with E-state index in [1.54, 1.807) is 36.5 Å². The van der Waals surface area contributed by atoms with Gasteiger partial charge >= 0.3 is 5.97 Å². The Labute approximate surface area is 229 Å². The number of rotatable bonds is 8. The van der Waals surface area contributed by atoms with Crippen LogP contribution in [-0.2, 0) is 19.6 Å². The lowest BCUT2D eigenvalue weighted by atomic mass is 10.1. The van der Waals surface area contributed by atoms with Crippen molar-refractivity contribution in [2.75, 3.05) is 24.1 Å². The third-order valence-electron chi connectivity index (χ3n) is 6.10. The number of halogens is 2. The number of pyridine rings is 1. The number of sulfonamides is 1. The molecular formula is C26H23Cl2N3O6S. The molecule has 1 aliphatic heterocycles. The maximum absolute atomic E-state index is 13.4. The third-order valence-corrected chi connectivity index (χ3v) is 8.29. The molecule has 0 atom stereocenters. The Balaban J connectivity index is 1.49. The number of hydrogen-bond donors (Lipinski definition) is 1. The average Bonchev–Trinajstić information content (AvgIpc) is 3.31. The molecule has 5 rings (SSSR count). The molecule has 9 nitrogen and oxygen atoms in total.